The van der Waals surface area contributed by atoms with Gasteiger partial charge in [-0.05, 0) is 37.0 Å². The Kier molecular flexibility index (Phi) is 1.79. The molecule has 0 radical (unpaired) electrons. The summed E-state index contributed by atoms with van der Waals surface area (Å²) in [5, 5.41) is 4.25. The van der Waals surface area contributed by atoms with Crippen LogP contribution in [0.25, 0.3) is 0 Å². The van der Waals surface area contributed by atoms with Crippen molar-refractivity contribution in [2.75, 3.05) is 5.73 Å². The molecule has 2 N–H and O–H groups in total. The van der Waals surface area contributed by atoms with Gasteiger partial charge in [0.05, 0.1) is 11.9 Å². The first-order valence-corrected chi connectivity index (χ1v) is 5.59. The van der Waals surface area contributed by atoms with E-state index in [-0.39, 0.29) is 0 Å². The molecule has 2 saturated carbocycles. The van der Waals surface area contributed by atoms with Gasteiger partial charge in [0.25, 0.3) is 0 Å². The van der Waals surface area contributed by atoms with Crippen molar-refractivity contribution in [3.63, 3.8) is 0 Å². The van der Waals surface area contributed by atoms with Crippen molar-refractivity contribution in [3.05, 3.63) is 12.4 Å². The molecule has 1 aromatic heterocycles. The molecule has 1 heterocycles. The maximum atomic E-state index is 5.65. The summed E-state index contributed by atoms with van der Waals surface area (Å²) in [6, 6.07) is 0. The SMILES string of the molecule is Nc1cnn(CC2CC3CCC2C3)c1. The number of hydrogen-bond acceptors (Lipinski definition) is 2. The number of fused-ring (bicyclic) bond motifs is 2. The van der Waals surface area contributed by atoms with Crippen molar-refractivity contribution < 1.29 is 0 Å². The third kappa shape index (κ3) is 1.31. The molecule has 14 heavy (non-hydrogen) atoms. The highest BCUT2D eigenvalue weighted by atomic mass is 15.3. The first-order chi connectivity index (χ1) is 6.81. The molecule has 2 aliphatic rings. The second kappa shape index (κ2) is 3.01. The number of nitrogens with two attached hydrogens (primary N) is 1. The molecule has 0 aromatic carbocycles. The lowest BCUT2D eigenvalue weighted by atomic mass is 9.89. The molecule has 2 fully saturated rings. The average Bonchev–Trinajstić information content (AvgIpc) is 2.82. The van der Waals surface area contributed by atoms with Gasteiger partial charge in [0, 0.05) is 12.7 Å². The molecule has 3 nitrogen and oxygen atoms in total. The molecule has 3 unspecified atom stereocenters. The Morgan fingerprint density at radius 1 is 1.43 bits per heavy atom. The first kappa shape index (κ1) is 8.33. The molecule has 0 spiro atoms. The second-order valence-electron chi connectivity index (χ2n) is 4.93. The predicted octanol–water partition coefficient (Wildman–Crippen LogP) is 1.90. The number of rotatable bonds is 2. The van der Waals surface area contributed by atoms with Gasteiger partial charge in [-0.25, -0.2) is 0 Å². The minimum atomic E-state index is 0.785. The second-order valence-corrected chi connectivity index (χ2v) is 4.93. The van der Waals surface area contributed by atoms with Crippen LogP contribution < -0.4 is 5.73 Å². The van der Waals surface area contributed by atoms with E-state index in [4.69, 9.17) is 5.73 Å². The van der Waals surface area contributed by atoms with Crippen LogP contribution in [0.5, 0.6) is 0 Å². The fraction of sp³-hybridized carbons (Fsp3) is 0.727. The van der Waals surface area contributed by atoms with Gasteiger partial charge in [-0.2, -0.15) is 5.10 Å². The number of aromatic nitrogens is 2. The van der Waals surface area contributed by atoms with Crippen molar-refractivity contribution in [2.45, 2.75) is 32.2 Å². The lowest BCUT2D eigenvalue weighted by Crippen LogP contribution is -2.17. The van der Waals surface area contributed by atoms with E-state index in [9.17, 15) is 0 Å². The standard InChI is InChI=1S/C11H17N3/c12-11-5-13-14(7-11)6-10-4-8-1-2-9(10)3-8/h5,7-10H,1-4,6,12H2. The van der Waals surface area contributed by atoms with Crippen LogP contribution in [0, 0.1) is 17.8 Å². The van der Waals surface area contributed by atoms with E-state index in [0.29, 0.717) is 0 Å². The van der Waals surface area contributed by atoms with Crippen LogP contribution in [-0.2, 0) is 6.54 Å². The largest absolute Gasteiger partial charge is 0.396 e. The normalized spacial score (nSPS) is 35.3. The van der Waals surface area contributed by atoms with E-state index in [1.165, 1.54) is 25.7 Å². The van der Waals surface area contributed by atoms with Gasteiger partial charge in [-0.1, -0.05) is 6.42 Å². The molecular weight excluding hydrogens is 174 g/mol. The summed E-state index contributed by atoms with van der Waals surface area (Å²) >= 11 is 0. The number of nitrogen functional groups attached to an aromatic ring is 1. The van der Waals surface area contributed by atoms with E-state index >= 15 is 0 Å². The van der Waals surface area contributed by atoms with Crippen LogP contribution in [-0.4, -0.2) is 9.78 Å². The molecule has 3 atom stereocenters. The van der Waals surface area contributed by atoms with E-state index in [1.54, 1.807) is 6.20 Å². The average molecular weight is 191 g/mol. The van der Waals surface area contributed by atoms with Crippen LogP contribution in [0.3, 0.4) is 0 Å². The van der Waals surface area contributed by atoms with E-state index < -0.39 is 0 Å². The predicted molar refractivity (Wildman–Crippen MR) is 55.6 cm³/mol. The summed E-state index contributed by atoms with van der Waals surface area (Å²) in [5.41, 5.74) is 6.43. The van der Waals surface area contributed by atoms with E-state index in [1.807, 2.05) is 10.9 Å². The van der Waals surface area contributed by atoms with Crippen molar-refractivity contribution >= 4 is 5.69 Å². The Labute approximate surface area is 84.3 Å². The Balaban J connectivity index is 1.68. The van der Waals surface area contributed by atoms with Crippen LogP contribution in [0.1, 0.15) is 25.7 Å². The van der Waals surface area contributed by atoms with Crippen molar-refractivity contribution in [2.24, 2.45) is 17.8 Å². The third-order valence-corrected chi connectivity index (χ3v) is 3.96. The maximum Gasteiger partial charge on any atom is 0.0719 e. The molecule has 76 valence electrons. The number of hydrogen-bond donors (Lipinski definition) is 1. The molecule has 0 amide bonds. The van der Waals surface area contributed by atoms with Crippen LogP contribution in [0.15, 0.2) is 12.4 Å². The molecule has 3 rings (SSSR count). The highest BCUT2D eigenvalue weighted by Gasteiger charge is 2.39. The van der Waals surface area contributed by atoms with Crippen LogP contribution in [0.2, 0.25) is 0 Å². The molecule has 2 aliphatic carbocycles. The smallest absolute Gasteiger partial charge is 0.0719 e. The Bertz CT molecular complexity index is 331. The zero-order valence-electron chi connectivity index (χ0n) is 8.39. The fourth-order valence-electron chi connectivity index (χ4n) is 3.32. The van der Waals surface area contributed by atoms with Gasteiger partial charge in [-0.3, -0.25) is 4.68 Å². The van der Waals surface area contributed by atoms with Crippen molar-refractivity contribution in [3.8, 4) is 0 Å². The third-order valence-electron chi connectivity index (χ3n) is 3.96. The summed E-state index contributed by atoms with van der Waals surface area (Å²) in [4.78, 5) is 0. The molecule has 3 heteroatoms. The Morgan fingerprint density at radius 3 is 2.93 bits per heavy atom. The summed E-state index contributed by atoms with van der Waals surface area (Å²) in [7, 11) is 0. The lowest BCUT2D eigenvalue weighted by Gasteiger charge is -2.21. The number of anilines is 1. The quantitative estimate of drug-likeness (QED) is 0.776. The zero-order valence-corrected chi connectivity index (χ0v) is 8.39. The molecule has 2 bridgehead atoms. The minimum Gasteiger partial charge on any atom is -0.396 e. The van der Waals surface area contributed by atoms with Crippen molar-refractivity contribution in [1.82, 2.24) is 9.78 Å². The lowest BCUT2D eigenvalue weighted by molar-refractivity contribution is 0.285. The van der Waals surface area contributed by atoms with Gasteiger partial charge in [0.1, 0.15) is 0 Å². The molecule has 1 aromatic rings. The van der Waals surface area contributed by atoms with Gasteiger partial charge in [0.15, 0.2) is 0 Å². The van der Waals surface area contributed by atoms with E-state index in [2.05, 4.69) is 5.10 Å². The van der Waals surface area contributed by atoms with Crippen LogP contribution in [0.4, 0.5) is 5.69 Å². The van der Waals surface area contributed by atoms with Crippen LogP contribution >= 0.6 is 0 Å². The van der Waals surface area contributed by atoms with Gasteiger partial charge < -0.3 is 5.73 Å². The zero-order chi connectivity index (χ0) is 9.54. The Morgan fingerprint density at radius 2 is 2.36 bits per heavy atom. The maximum absolute atomic E-state index is 5.65. The van der Waals surface area contributed by atoms with Gasteiger partial charge >= 0.3 is 0 Å². The molecule has 0 aliphatic heterocycles. The first-order valence-electron chi connectivity index (χ1n) is 5.59. The topological polar surface area (TPSA) is 43.8 Å². The van der Waals surface area contributed by atoms with Gasteiger partial charge in [0.2, 0.25) is 0 Å². The van der Waals surface area contributed by atoms with Crippen molar-refractivity contribution in [1.29, 1.82) is 0 Å². The highest BCUT2D eigenvalue weighted by Crippen LogP contribution is 2.48. The van der Waals surface area contributed by atoms with E-state index in [0.717, 1.165) is 30.0 Å². The summed E-state index contributed by atoms with van der Waals surface area (Å²) < 4.78 is 2.01. The monoisotopic (exact) mass is 191 g/mol. The minimum absolute atomic E-state index is 0.785. The summed E-state index contributed by atoms with van der Waals surface area (Å²) in [5.74, 6) is 2.87. The highest BCUT2D eigenvalue weighted by molar-refractivity contribution is 5.30. The number of nitrogens with zero attached hydrogens (tertiary/aromatic N) is 2. The summed E-state index contributed by atoms with van der Waals surface area (Å²) in [6.45, 7) is 1.08. The fourth-order valence-corrected chi connectivity index (χ4v) is 3.32. The molecular formula is C11H17N3. The molecule has 0 saturated heterocycles. The van der Waals surface area contributed by atoms with Gasteiger partial charge in [-0.15, -0.1) is 0 Å². The Hall–Kier alpha value is -0.990. The summed E-state index contributed by atoms with van der Waals surface area (Å²) in [6.07, 6.45) is 9.51.